The molecule has 2 aromatic rings. The lowest BCUT2D eigenvalue weighted by atomic mass is 10.1. The zero-order chi connectivity index (χ0) is 19.9. The minimum Gasteiger partial charge on any atom is -0.266 e. The number of nitrogens with one attached hydrogen (secondary N) is 1. The van der Waals surface area contributed by atoms with Crippen LogP contribution in [0, 0.1) is 0 Å². The molecule has 8 heteroatoms. The van der Waals surface area contributed by atoms with Gasteiger partial charge < -0.3 is 0 Å². The van der Waals surface area contributed by atoms with Crippen molar-refractivity contribution in [2.75, 3.05) is 0 Å². The highest BCUT2D eigenvalue weighted by Gasteiger charge is 2.22. The highest BCUT2D eigenvalue weighted by atomic mass is 35.5. The average Bonchev–Trinajstić information content (AvgIpc) is 2.63. The van der Waals surface area contributed by atoms with Crippen molar-refractivity contribution < 1.29 is 13.2 Å². The monoisotopic (exact) mass is 424 g/mol. The highest BCUT2D eigenvalue weighted by Crippen LogP contribution is 2.25. The molecule has 0 saturated carbocycles. The lowest BCUT2D eigenvalue weighted by molar-refractivity contribution is -0.115. The van der Waals surface area contributed by atoms with E-state index in [0.717, 1.165) is 5.56 Å². The Morgan fingerprint density at radius 2 is 1.85 bits per heavy atom. The summed E-state index contributed by atoms with van der Waals surface area (Å²) in [6.45, 7) is 1.64. The molecule has 2 aromatic carbocycles. The number of benzene rings is 2. The maximum absolute atomic E-state index is 12.5. The molecule has 0 atom stereocenters. The molecule has 0 aliphatic heterocycles. The van der Waals surface area contributed by atoms with Crippen molar-refractivity contribution in [2.45, 2.75) is 24.7 Å². The number of carbonyl (C=O) groups is 1. The third-order valence-electron chi connectivity index (χ3n) is 3.52. The summed E-state index contributed by atoms with van der Waals surface area (Å²) in [5.41, 5.74) is 1.11. The van der Waals surface area contributed by atoms with Gasteiger partial charge in [-0.3, -0.25) is 9.79 Å². The SMILES string of the molecule is CC=N/C(=C\CCc1ccccc1)C(=O)NS(=O)(=O)c1cc(Cl)ccc1Cl. The van der Waals surface area contributed by atoms with Crippen LogP contribution in [-0.4, -0.2) is 20.5 Å². The predicted octanol–water partition coefficient (Wildman–Crippen LogP) is 4.41. The van der Waals surface area contributed by atoms with E-state index >= 15 is 0 Å². The Balaban J connectivity index is 2.16. The maximum atomic E-state index is 12.5. The van der Waals surface area contributed by atoms with Gasteiger partial charge in [-0.05, 0) is 43.5 Å². The Bertz CT molecular complexity index is 972. The highest BCUT2D eigenvalue weighted by molar-refractivity contribution is 7.90. The summed E-state index contributed by atoms with van der Waals surface area (Å²) in [4.78, 5) is 16.1. The fourth-order valence-electron chi connectivity index (χ4n) is 2.28. The van der Waals surface area contributed by atoms with Gasteiger partial charge in [0, 0.05) is 11.2 Å². The van der Waals surface area contributed by atoms with E-state index in [2.05, 4.69) is 4.99 Å². The number of aliphatic imine (C=N–C) groups is 1. The standard InChI is InChI=1S/C19H18Cl2N2O3S/c1-2-22-17(10-6-9-14-7-4-3-5-8-14)19(24)23-27(25,26)18-13-15(20)11-12-16(18)21/h2-5,7-8,10-13H,6,9H2,1H3,(H,23,24)/b17-10-,22-2?. The van der Waals surface area contributed by atoms with Gasteiger partial charge in [0.2, 0.25) is 0 Å². The number of sulfonamides is 1. The minimum atomic E-state index is -4.18. The van der Waals surface area contributed by atoms with Crippen molar-refractivity contribution in [1.29, 1.82) is 0 Å². The van der Waals surface area contributed by atoms with E-state index in [1.54, 1.807) is 13.0 Å². The summed E-state index contributed by atoms with van der Waals surface area (Å²) in [5, 5.41) is 0.158. The molecule has 2 rings (SSSR count). The normalized spacial score (nSPS) is 12.3. The molecule has 0 aliphatic rings. The third kappa shape index (κ3) is 6.20. The van der Waals surface area contributed by atoms with Crippen LogP contribution in [0.5, 0.6) is 0 Å². The zero-order valence-corrected chi connectivity index (χ0v) is 16.9. The summed E-state index contributed by atoms with van der Waals surface area (Å²) in [6, 6.07) is 13.7. The first kappa shape index (κ1) is 21.2. The number of hydrogen-bond acceptors (Lipinski definition) is 4. The molecule has 0 fully saturated rings. The van der Waals surface area contributed by atoms with Crippen molar-refractivity contribution in [3.05, 3.63) is 75.9 Å². The lowest BCUT2D eigenvalue weighted by Gasteiger charge is -2.09. The molecule has 0 aromatic heterocycles. The van der Waals surface area contributed by atoms with Gasteiger partial charge in [0.25, 0.3) is 15.9 Å². The number of rotatable bonds is 7. The van der Waals surface area contributed by atoms with Crippen molar-refractivity contribution in [3.63, 3.8) is 0 Å². The van der Waals surface area contributed by atoms with Crippen molar-refractivity contribution in [3.8, 4) is 0 Å². The Hall–Kier alpha value is -2.15. The predicted molar refractivity (Wildman–Crippen MR) is 109 cm³/mol. The maximum Gasteiger partial charge on any atom is 0.283 e. The molecule has 0 heterocycles. The fourth-order valence-corrected chi connectivity index (χ4v) is 4.00. The Morgan fingerprint density at radius 1 is 1.15 bits per heavy atom. The summed E-state index contributed by atoms with van der Waals surface area (Å²) < 4.78 is 26.9. The van der Waals surface area contributed by atoms with Gasteiger partial charge in [0.05, 0.1) is 5.02 Å². The Kier molecular flexibility index (Phi) is 7.59. The third-order valence-corrected chi connectivity index (χ3v) is 5.57. The van der Waals surface area contributed by atoms with Crippen molar-refractivity contribution >= 4 is 45.3 Å². The molecule has 0 unspecified atom stereocenters. The Morgan fingerprint density at radius 3 is 2.52 bits per heavy atom. The van der Waals surface area contributed by atoms with Crippen LogP contribution in [0.25, 0.3) is 0 Å². The summed E-state index contributed by atoms with van der Waals surface area (Å²) in [5.74, 6) is -0.836. The quantitative estimate of drug-likeness (QED) is 0.528. The lowest BCUT2D eigenvalue weighted by Crippen LogP contribution is -2.31. The summed E-state index contributed by atoms with van der Waals surface area (Å²) in [6.07, 6.45) is 4.25. The van der Waals surface area contributed by atoms with Crippen LogP contribution in [0.2, 0.25) is 10.0 Å². The van der Waals surface area contributed by atoms with E-state index in [4.69, 9.17) is 23.2 Å². The first-order chi connectivity index (χ1) is 12.8. The average molecular weight is 425 g/mol. The molecular weight excluding hydrogens is 407 g/mol. The van der Waals surface area contributed by atoms with E-state index < -0.39 is 15.9 Å². The number of allylic oxidation sites excluding steroid dienone is 1. The molecule has 1 amide bonds. The molecular formula is C19H18Cl2N2O3S. The molecule has 1 N–H and O–H groups in total. The minimum absolute atomic E-state index is 0.00940. The number of halogens is 2. The second-order valence-electron chi connectivity index (χ2n) is 5.51. The first-order valence-electron chi connectivity index (χ1n) is 8.08. The van der Waals surface area contributed by atoms with Crippen LogP contribution in [0.3, 0.4) is 0 Å². The number of aryl methyl sites for hydroxylation is 1. The van der Waals surface area contributed by atoms with Gasteiger partial charge in [-0.25, -0.2) is 13.1 Å². The summed E-state index contributed by atoms with van der Waals surface area (Å²) in [7, 11) is -4.18. The first-order valence-corrected chi connectivity index (χ1v) is 10.3. The van der Waals surface area contributed by atoms with E-state index in [9.17, 15) is 13.2 Å². The second-order valence-corrected chi connectivity index (χ2v) is 8.00. The number of nitrogens with zero attached hydrogens (tertiary/aromatic N) is 1. The van der Waals surface area contributed by atoms with Gasteiger partial charge in [-0.1, -0.05) is 59.6 Å². The molecule has 0 bridgehead atoms. The van der Waals surface area contributed by atoms with Crippen LogP contribution in [-0.2, 0) is 21.2 Å². The van der Waals surface area contributed by atoms with Crippen LogP contribution < -0.4 is 4.72 Å². The van der Waals surface area contributed by atoms with Gasteiger partial charge in [-0.2, -0.15) is 0 Å². The van der Waals surface area contributed by atoms with Crippen LogP contribution in [0.4, 0.5) is 0 Å². The van der Waals surface area contributed by atoms with Crippen LogP contribution >= 0.6 is 23.2 Å². The molecule has 0 radical (unpaired) electrons. The molecule has 0 aliphatic carbocycles. The van der Waals surface area contributed by atoms with Crippen LogP contribution in [0.1, 0.15) is 18.9 Å². The van der Waals surface area contributed by atoms with E-state index in [0.29, 0.717) is 12.8 Å². The van der Waals surface area contributed by atoms with Gasteiger partial charge in [0.1, 0.15) is 10.6 Å². The fraction of sp³-hybridized carbons (Fsp3) is 0.158. The number of carbonyl (C=O) groups excluding carboxylic acids is 1. The van der Waals surface area contributed by atoms with Crippen molar-refractivity contribution in [1.82, 2.24) is 4.72 Å². The topological polar surface area (TPSA) is 75.6 Å². The van der Waals surface area contributed by atoms with E-state index in [1.165, 1.54) is 24.4 Å². The smallest absolute Gasteiger partial charge is 0.266 e. The molecule has 0 spiro atoms. The molecule has 5 nitrogen and oxygen atoms in total. The zero-order valence-electron chi connectivity index (χ0n) is 14.5. The Labute approximate surface area is 168 Å². The van der Waals surface area contributed by atoms with Crippen LogP contribution in [0.15, 0.2) is 70.2 Å². The van der Waals surface area contributed by atoms with Gasteiger partial charge in [-0.15, -0.1) is 0 Å². The largest absolute Gasteiger partial charge is 0.283 e. The second kappa shape index (κ2) is 9.69. The van der Waals surface area contributed by atoms with Crippen molar-refractivity contribution in [2.24, 2.45) is 4.99 Å². The van der Waals surface area contributed by atoms with E-state index in [1.807, 2.05) is 35.1 Å². The molecule has 142 valence electrons. The number of hydrogen-bond donors (Lipinski definition) is 1. The summed E-state index contributed by atoms with van der Waals surface area (Å²) >= 11 is 11.8. The molecule has 0 saturated heterocycles. The van der Waals surface area contributed by atoms with Gasteiger partial charge >= 0.3 is 0 Å². The van der Waals surface area contributed by atoms with E-state index in [-0.39, 0.29) is 20.6 Å². The number of amides is 1. The van der Waals surface area contributed by atoms with Gasteiger partial charge in [0.15, 0.2) is 0 Å². The molecule has 27 heavy (non-hydrogen) atoms.